The van der Waals surface area contributed by atoms with Crippen molar-refractivity contribution in [3.05, 3.63) is 47.8 Å². The van der Waals surface area contributed by atoms with Gasteiger partial charge in [-0.15, -0.1) is 11.3 Å². The average Bonchev–Trinajstić information content (AvgIpc) is 3.32. The van der Waals surface area contributed by atoms with Gasteiger partial charge in [-0.2, -0.15) is 5.10 Å². The summed E-state index contributed by atoms with van der Waals surface area (Å²) in [5, 5.41) is 18.5. The lowest BCUT2D eigenvalue weighted by atomic mass is 10.2. The van der Waals surface area contributed by atoms with Gasteiger partial charge >= 0.3 is 0 Å². The van der Waals surface area contributed by atoms with Gasteiger partial charge in [-0.25, -0.2) is 4.68 Å². The van der Waals surface area contributed by atoms with Crippen molar-refractivity contribution in [1.82, 2.24) is 9.78 Å². The summed E-state index contributed by atoms with van der Waals surface area (Å²) in [5.41, 5.74) is 0.745. The van der Waals surface area contributed by atoms with Gasteiger partial charge in [0.05, 0.1) is 18.0 Å². The fourth-order valence-electron chi connectivity index (χ4n) is 2.68. The molecular weight excluding hydrogens is 354 g/mol. The van der Waals surface area contributed by atoms with Crippen LogP contribution in [0.3, 0.4) is 0 Å². The zero-order chi connectivity index (χ0) is 17.9. The minimum absolute atomic E-state index is 0.0785. The van der Waals surface area contributed by atoms with E-state index in [1.54, 1.807) is 34.2 Å². The van der Waals surface area contributed by atoms with E-state index in [0.29, 0.717) is 17.3 Å². The molecule has 1 aromatic carbocycles. The lowest BCUT2D eigenvalue weighted by Gasteiger charge is -2.25. The zero-order valence-electron chi connectivity index (χ0n) is 13.8. The minimum Gasteiger partial charge on any atom is -0.485 e. The first kappa shape index (κ1) is 16.6. The number of amides is 1. The van der Waals surface area contributed by atoms with Gasteiger partial charge in [-0.05, 0) is 23.6 Å². The van der Waals surface area contributed by atoms with Crippen LogP contribution in [0.25, 0.3) is 10.6 Å². The number of fused-ring (bicyclic) bond motifs is 1. The van der Waals surface area contributed by atoms with Gasteiger partial charge < -0.3 is 19.9 Å². The molecule has 0 aliphatic carbocycles. The number of anilines is 1. The number of nitrogens with zero attached hydrogens (tertiary/aromatic N) is 2. The number of hydrogen-bond acceptors (Lipinski definition) is 6. The van der Waals surface area contributed by atoms with Crippen LogP contribution in [0.5, 0.6) is 11.5 Å². The summed E-state index contributed by atoms with van der Waals surface area (Å²) in [6.45, 7) is 0.339. The fourth-order valence-corrected chi connectivity index (χ4v) is 3.36. The molecule has 8 heteroatoms. The third kappa shape index (κ3) is 3.29. The maximum atomic E-state index is 12.6. The summed E-state index contributed by atoms with van der Waals surface area (Å²) >= 11 is 1.56. The predicted molar refractivity (Wildman–Crippen MR) is 97.6 cm³/mol. The Hall–Kier alpha value is -2.84. The summed E-state index contributed by atoms with van der Waals surface area (Å²) in [6.07, 6.45) is -0.757. The number of carbonyl (C=O) groups excluding carboxylic acids is 1. The highest BCUT2D eigenvalue weighted by atomic mass is 32.1. The van der Waals surface area contributed by atoms with Crippen molar-refractivity contribution in [1.29, 1.82) is 0 Å². The van der Waals surface area contributed by atoms with E-state index in [2.05, 4.69) is 10.4 Å². The van der Waals surface area contributed by atoms with Crippen molar-refractivity contribution >= 4 is 23.1 Å². The molecular formula is C18H17N3O4S. The lowest BCUT2D eigenvalue weighted by Crippen LogP contribution is -2.40. The summed E-state index contributed by atoms with van der Waals surface area (Å²) < 4.78 is 12.9. The highest BCUT2D eigenvalue weighted by Gasteiger charge is 2.28. The second kappa shape index (κ2) is 7.19. The fraction of sp³-hybridized carbons (Fsp3) is 0.222. The van der Waals surface area contributed by atoms with Crippen molar-refractivity contribution in [2.24, 2.45) is 0 Å². The Bertz CT molecular complexity index is 907. The summed E-state index contributed by atoms with van der Waals surface area (Å²) in [6, 6.07) is 12.9. The van der Waals surface area contributed by atoms with Gasteiger partial charge in [-0.1, -0.05) is 18.2 Å². The molecule has 134 valence electrons. The first-order valence-electron chi connectivity index (χ1n) is 8.16. The van der Waals surface area contributed by atoms with Crippen LogP contribution >= 0.6 is 11.3 Å². The van der Waals surface area contributed by atoms with E-state index in [-0.39, 0.29) is 25.7 Å². The lowest BCUT2D eigenvalue weighted by molar-refractivity contribution is -0.125. The quantitative estimate of drug-likeness (QED) is 0.719. The summed E-state index contributed by atoms with van der Waals surface area (Å²) in [7, 11) is 0. The monoisotopic (exact) mass is 371 g/mol. The molecule has 0 spiro atoms. The SMILES string of the molecule is O=C(Nc1cc(-c2cccs2)nn1CCO)[C@@H]1COc2ccccc2O1. The smallest absolute Gasteiger partial charge is 0.270 e. The molecule has 3 aromatic rings. The molecule has 0 fully saturated rings. The van der Waals surface area contributed by atoms with Crippen molar-refractivity contribution in [3.8, 4) is 22.1 Å². The number of aliphatic hydroxyl groups is 1. The number of rotatable bonds is 5. The highest BCUT2D eigenvalue weighted by Crippen LogP contribution is 2.31. The number of aliphatic hydroxyl groups excluding tert-OH is 1. The van der Waals surface area contributed by atoms with E-state index in [4.69, 9.17) is 9.47 Å². The molecule has 1 amide bonds. The molecule has 0 bridgehead atoms. The van der Waals surface area contributed by atoms with E-state index in [1.807, 2.05) is 29.6 Å². The molecule has 0 saturated carbocycles. The van der Waals surface area contributed by atoms with Gasteiger partial charge in [0.1, 0.15) is 18.1 Å². The Morgan fingerprint density at radius 1 is 1.31 bits per heavy atom. The summed E-state index contributed by atoms with van der Waals surface area (Å²) in [4.78, 5) is 13.6. The van der Waals surface area contributed by atoms with Gasteiger partial charge in [0.25, 0.3) is 5.91 Å². The number of thiophene rings is 1. The molecule has 2 aromatic heterocycles. The van der Waals surface area contributed by atoms with Crippen LogP contribution in [0.15, 0.2) is 47.8 Å². The van der Waals surface area contributed by atoms with Crippen LogP contribution in [0.2, 0.25) is 0 Å². The average molecular weight is 371 g/mol. The molecule has 1 atom stereocenters. The second-order valence-electron chi connectivity index (χ2n) is 5.69. The van der Waals surface area contributed by atoms with E-state index in [0.717, 1.165) is 10.6 Å². The van der Waals surface area contributed by atoms with Crippen LogP contribution in [0.1, 0.15) is 0 Å². The largest absolute Gasteiger partial charge is 0.485 e. The summed E-state index contributed by atoms with van der Waals surface area (Å²) in [5.74, 6) is 1.36. The Balaban J connectivity index is 1.52. The Labute approximate surface area is 153 Å². The predicted octanol–water partition coefficient (Wildman–Crippen LogP) is 2.38. The van der Waals surface area contributed by atoms with Crippen molar-refractivity contribution < 1.29 is 19.4 Å². The maximum absolute atomic E-state index is 12.6. The minimum atomic E-state index is -0.757. The van der Waals surface area contributed by atoms with E-state index < -0.39 is 6.10 Å². The number of benzene rings is 1. The molecule has 2 N–H and O–H groups in total. The molecule has 7 nitrogen and oxygen atoms in total. The second-order valence-corrected chi connectivity index (χ2v) is 6.64. The van der Waals surface area contributed by atoms with Crippen LogP contribution in [-0.2, 0) is 11.3 Å². The molecule has 0 saturated heterocycles. The van der Waals surface area contributed by atoms with Crippen molar-refractivity contribution in [2.45, 2.75) is 12.6 Å². The van der Waals surface area contributed by atoms with Gasteiger partial charge in [0.15, 0.2) is 11.5 Å². The number of ether oxygens (including phenoxy) is 2. The van der Waals surface area contributed by atoms with Gasteiger partial charge in [0, 0.05) is 6.07 Å². The number of aromatic nitrogens is 2. The molecule has 26 heavy (non-hydrogen) atoms. The molecule has 4 rings (SSSR count). The van der Waals surface area contributed by atoms with Gasteiger partial charge in [-0.3, -0.25) is 4.79 Å². The number of nitrogens with one attached hydrogen (secondary N) is 1. The van der Waals surface area contributed by atoms with Crippen molar-refractivity contribution in [3.63, 3.8) is 0 Å². The van der Waals surface area contributed by atoms with E-state index in [9.17, 15) is 9.90 Å². The van der Waals surface area contributed by atoms with E-state index in [1.165, 1.54) is 0 Å². The van der Waals surface area contributed by atoms with Crippen LogP contribution in [0.4, 0.5) is 5.82 Å². The number of carbonyl (C=O) groups is 1. The van der Waals surface area contributed by atoms with Crippen LogP contribution < -0.4 is 14.8 Å². The Kier molecular flexibility index (Phi) is 4.59. The van der Waals surface area contributed by atoms with Gasteiger partial charge in [0.2, 0.25) is 6.10 Å². The normalized spacial score (nSPS) is 15.7. The molecule has 3 heterocycles. The molecule has 1 aliphatic rings. The highest BCUT2D eigenvalue weighted by molar-refractivity contribution is 7.13. The molecule has 1 aliphatic heterocycles. The van der Waals surface area contributed by atoms with Crippen LogP contribution in [-0.4, -0.2) is 40.1 Å². The Morgan fingerprint density at radius 3 is 2.92 bits per heavy atom. The molecule has 0 radical (unpaired) electrons. The standard InChI is InChI=1S/C18H17N3O4S/c22-8-7-21-17(10-12(20-21)16-6-3-9-26-16)19-18(23)15-11-24-13-4-1-2-5-14(13)25-15/h1-6,9-10,15,22H,7-8,11H2,(H,19,23)/t15-/m0/s1. The Morgan fingerprint density at radius 2 is 2.15 bits per heavy atom. The number of para-hydroxylation sites is 2. The zero-order valence-corrected chi connectivity index (χ0v) is 14.6. The third-order valence-corrected chi connectivity index (χ3v) is 4.81. The first-order chi connectivity index (χ1) is 12.7. The molecule has 0 unspecified atom stereocenters. The first-order valence-corrected chi connectivity index (χ1v) is 9.04. The third-order valence-electron chi connectivity index (χ3n) is 3.92. The van der Waals surface area contributed by atoms with Crippen molar-refractivity contribution in [2.75, 3.05) is 18.5 Å². The maximum Gasteiger partial charge on any atom is 0.270 e. The van der Waals surface area contributed by atoms with Crippen LogP contribution in [0, 0.1) is 0 Å². The topological polar surface area (TPSA) is 85.6 Å². The number of hydrogen-bond donors (Lipinski definition) is 2. The van der Waals surface area contributed by atoms with E-state index >= 15 is 0 Å².